The number of aryl methyl sites for hydroxylation is 1. The Morgan fingerprint density at radius 2 is 1.97 bits per heavy atom. The van der Waals surface area contributed by atoms with Crippen LogP contribution in [0.2, 0.25) is 0 Å². The number of aromatic nitrogens is 5. The molecule has 1 aliphatic rings. The molecular formula is C26H23N9O3. The van der Waals surface area contributed by atoms with Crippen LogP contribution in [0.3, 0.4) is 0 Å². The van der Waals surface area contributed by atoms with Crippen LogP contribution in [0.1, 0.15) is 33.7 Å². The number of amides is 1. The number of hydrogen-bond acceptors (Lipinski definition) is 10. The number of nitrogens with one attached hydrogen (secondary N) is 1. The number of nitrogens with two attached hydrogens (primary N) is 1. The highest BCUT2D eigenvalue weighted by Gasteiger charge is 2.27. The lowest BCUT2D eigenvalue weighted by atomic mass is 10.0. The number of para-hydroxylation sites is 1. The van der Waals surface area contributed by atoms with Gasteiger partial charge >= 0.3 is 0 Å². The van der Waals surface area contributed by atoms with E-state index in [1.165, 1.54) is 16.5 Å². The maximum absolute atomic E-state index is 13.2. The molecule has 0 saturated carbocycles. The van der Waals surface area contributed by atoms with Crippen LogP contribution in [-0.4, -0.2) is 49.1 Å². The van der Waals surface area contributed by atoms with Gasteiger partial charge in [0.05, 0.1) is 18.5 Å². The molecule has 38 heavy (non-hydrogen) atoms. The lowest BCUT2D eigenvalue weighted by molar-refractivity contribution is 0.0949. The van der Waals surface area contributed by atoms with E-state index >= 15 is 0 Å². The SMILES string of the molecule is Nc1nonc1-n1nnc(C(=O)N/N=C/c2c(O)ccc3ccccc23)c1CN1CCCc2ccccc21. The van der Waals surface area contributed by atoms with Crippen LogP contribution >= 0.6 is 0 Å². The number of carbonyl (C=O) groups is 1. The molecule has 0 spiro atoms. The molecule has 0 saturated heterocycles. The minimum Gasteiger partial charge on any atom is -0.507 e. The first-order valence-corrected chi connectivity index (χ1v) is 12.0. The van der Waals surface area contributed by atoms with E-state index in [0.29, 0.717) is 17.8 Å². The monoisotopic (exact) mass is 509 g/mol. The van der Waals surface area contributed by atoms with Crippen LogP contribution in [0, 0.1) is 0 Å². The zero-order chi connectivity index (χ0) is 26.1. The van der Waals surface area contributed by atoms with Gasteiger partial charge < -0.3 is 15.7 Å². The fraction of sp³-hybridized carbons (Fsp3) is 0.154. The zero-order valence-electron chi connectivity index (χ0n) is 20.2. The maximum Gasteiger partial charge on any atom is 0.293 e. The van der Waals surface area contributed by atoms with Gasteiger partial charge in [0.15, 0.2) is 5.69 Å². The Hall–Kier alpha value is -5.26. The molecular weight excluding hydrogens is 486 g/mol. The van der Waals surface area contributed by atoms with Crippen LogP contribution in [0.4, 0.5) is 11.5 Å². The summed E-state index contributed by atoms with van der Waals surface area (Å²) in [5.74, 6) is -0.374. The van der Waals surface area contributed by atoms with Crippen molar-refractivity contribution in [2.75, 3.05) is 17.2 Å². The lowest BCUT2D eigenvalue weighted by Gasteiger charge is -2.31. The predicted octanol–water partition coefficient (Wildman–Crippen LogP) is 2.81. The summed E-state index contributed by atoms with van der Waals surface area (Å²) in [6, 6.07) is 19.1. The zero-order valence-corrected chi connectivity index (χ0v) is 20.2. The molecule has 0 bridgehead atoms. The number of carbonyl (C=O) groups excluding carboxylic acids is 1. The van der Waals surface area contributed by atoms with Gasteiger partial charge in [-0.15, -0.1) is 5.10 Å². The highest BCUT2D eigenvalue weighted by atomic mass is 16.6. The second-order valence-electron chi connectivity index (χ2n) is 8.84. The summed E-state index contributed by atoms with van der Waals surface area (Å²) >= 11 is 0. The number of hydrogen-bond donors (Lipinski definition) is 3. The van der Waals surface area contributed by atoms with E-state index in [1.54, 1.807) is 6.07 Å². The van der Waals surface area contributed by atoms with Crippen molar-refractivity contribution in [3.8, 4) is 11.6 Å². The number of phenols is 1. The number of aromatic hydroxyl groups is 1. The van der Waals surface area contributed by atoms with E-state index in [9.17, 15) is 9.90 Å². The first kappa shape index (κ1) is 23.2. The average Bonchev–Trinajstić information content (AvgIpc) is 3.55. The summed E-state index contributed by atoms with van der Waals surface area (Å²) in [5.41, 5.74) is 11.7. The molecule has 0 fully saturated rings. The van der Waals surface area contributed by atoms with E-state index in [4.69, 9.17) is 10.4 Å². The van der Waals surface area contributed by atoms with Gasteiger partial charge in [-0.3, -0.25) is 4.79 Å². The number of rotatable bonds is 6. The fourth-order valence-corrected chi connectivity index (χ4v) is 4.71. The Morgan fingerprint density at radius 1 is 1.13 bits per heavy atom. The van der Waals surface area contributed by atoms with E-state index in [1.807, 2.05) is 42.5 Å². The molecule has 190 valence electrons. The Bertz CT molecular complexity index is 1670. The third-order valence-corrected chi connectivity index (χ3v) is 6.53. The Kier molecular flexibility index (Phi) is 5.88. The molecule has 3 aromatic carbocycles. The largest absolute Gasteiger partial charge is 0.507 e. The van der Waals surface area contributed by atoms with Crippen LogP contribution in [0.5, 0.6) is 5.75 Å². The summed E-state index contributed by atoms with van der Waals surface area (Å²) in [6.45, 7) is 1.10. The fourth-order valence-electron chi connectivity index (χ4n) is 4.71. The molecule has 12 heteroatoms. The second-order valence-corrected chi connectivity index (χ2v) is 8.84. The second kappa shape index (κ2) is 9.65. The number of nitrogens with zero attached hydrogens (tertiary/aromatic N) is 7. The van der Waals surface area contributed by atoms with Gasteiger partial charge in [-0.1, -0.05) is 53.7 Å². The van der Waals surface area contributed by atoms with Gasteiger partial charge in [0.1, 0.15) is 5.75 Å². The van der Waals surface area contributed by atoms with Crippen LogP contribution in [-0.2, 0) is 13.0 Å². The van der Waals surface area contributed by atoms with Crippen molar-refractivity contribution < 1.29 is 14.5 Å². The highest BCUT2D eigenvalue weighted by Crippen LogP contribution is 2.29. The van der Waals surface area contributed by atoms with Crippen LogP contribution in [0.15, 0.2) is 70.4 Å². The smallest absolute Gasteiger partial charge is 0.293 e. The molecule has 1 amide bonds. The van der Waals surface area contributed by atoms with Crippen molar-refractivity contribution in [3.63, 3.8) is 0 Å². The molecule has 5 aromatic rings. The number of phenolic OH excluding ortho intramolecular Hbond substituents is 1. The van der Waals surface area contributed by atoms with E-state index in [0.717, 1.165) is 35.8 Å². The normalized spacial score (nSPS) is 13.2. The van der Waals surface area contributed by atoms with Gasteiger partial charge in [-0.25, -0.2) is 10.1 Å². The summed E-state index contributed by atoms with van der Waals surface area (Å²) < 4.78 is 6.12. The summed E-state index contributed by atoms with van der Waals surface area (Å²) in [7, 11) is 0. The third kappa shape index (κ3) is 4.17. The molecule has 0 aliphatic carbocycles. The van der Waals surface area contributed by atoms with E-state index in [2.05, 4.69) is 48.2 Å². The van der Waals surface area contributed by atoms with Crippen LogP contribution in [0.25, 0.3) is 16.6 Å². The van der Waals surface area contributed by atoms with Crippen molar-refractivity contribution in [1.29, 1.82) is 0 Å². The van der Waals surface area contributed by atoms with Crippen molar-refractivity contribution >= 4 is 34.4 Å². The van der Waals surface area contributed by atoms with E-state index < -0.39 is 5.91 Å². The van der Waals surface area contributed by atoms with Gasteiger partial charge in [0.25, 0.3) is 5.91 Å². The predicted molar refractivity (Wildman–Crippen MR) is 140 cm³/mol. The van der Waals surface area contributed by atoms with Crippen molar-refractivity contribution in [2.45, 2.75) is 19.4 Å². The van der Waals surface area contributed by atoms with E-state index in [-0.39, 0.29) is 23.1 Å². The average molecular weight is 510 g/mol. The molecule has 2 aromatic heterocycles. The van der Waals surface area contributed by atoms with Gasteiger partial charge in [-0.05, 0) is 51.6 Å². The van der Waals surface area contributed by atoms with Crippen molar-refractivity contribution in [2.24, 2.45) is 5.10 Å². The first-order valence-electron chi connectivity index (χ1n) is 12.0. The molecule has 0 radical (unpaired) electrons. The Morgan fingerprint density at radius 3 is 2.84 bits per heavy atom. The van der Waals surface area contributed by atoms with Gasteiger partial charge in [-0.2, -0.15) is 9.78 Å². The number of fused-ring (bicyclic) bond motifs is 2. The quantitative estimate of drug-likeness (QED) is 0.231. The van der Waals surface area contributed by atoms with Gasteiger partial charge in [0.2, 0.25) is 11.6 Å². The molecule has 1 aliphatic heterocycles. The lowest BCUT2D eigenvalue weighted by Crippen LogP contribution is -2.31. The number of benzene rings is 3. The number of nitrogen functional groups attached to an aromatic ring is 1. The molecule has 0 unspecified atom stereocenters. The van der Waals surface area contributed by atoms with Crippen LogP contribution < -0.4 is 16.1 Å². The minimum atomic E-state index is -0.581. The number of hydrazone groups is 1. The maximum atomic E-state index is 13.2. The van der Waals surface area contributed by atoms with Crippen molar-refractivity contribution in [1.82, 2.24) is 30.7 Å². The standard InChI is InChI=1S/C26H23N9O3/c27-24-25(32-38-31-24)35-21(15-34-13-5-8-17-7-2-4-10-20(17)34)23(29-33-35)26(37)30-28-14-19-18-9-3-1-6-16(18)11-12-22(19)36/h1-4,6-7,9-12,14,36H,5,8,13,15H2,(H2,27,31)(H,30,37)/b28-14+. The molecule has 3 heterocycles. The molecule has 0 atom stereocenters. The first-order chi connectivity index (χ1) is 18.6. The Balaban J connectivity index is 1.32. The summed E-state index contributed by atoms with van der Waals surface area (Å²) in [4.78, 5) is 15.4. The molecule has 12 nitrogen and oxygen atoms in total. The Labute approximate surface area is 216 Å². The molecule has 6 rings (SSSR count). The van der Waals surface area contributed by atoms with Crippen molar-refractivity contribution in [3.05, 3.63) is 83.2 Å². The molecule has 4 N–H and O–H groups in total. The third-order valence-electron chi connectivity index (χ3n) is 6.53. The van der Waals surface area contributed by atoms with Gasteiger partial charge in [0, 0.05) is 17.8 Å². The topological polar surface area (TPSA) is 161 Å². The highest BCUT2D eigenvalue weighted by molar-refractivity contribution is 6.03. The summed E-state index contributed by atoms with van der Waals surface area (Å²) in [6.07, 6.45) is 3.35. The number of anilines is 2. The summed E-state index contributed by atoms with van der Waals surface area (Å²) in [5, 5.41) is 31.9. The minimum absolute atomic E-state index is 0.0200.